The maximum Gasteiger partial charge on any atom is 0.252 e. The topological polar surface area (TPSA) is 52.8 Å². The number of carbonyl (C=O) groups is 1. The van der Waals surface area contributed by atoms with Crippen LogP contribution >= 0.6 is 11.3 Å². The van der Waals surface area contributed by atoms with Crippen molar-refractivity contribution >= 4 is 27.5 Å². The Kier molecular flexibility index (Phi) is 6.23. The van der Waals surface area contributed by atoms with Crippen LogP contribution in [0.4, 0.5) is 0 Å². The van der Waals surface area contributed by atoms with Crippen LogP contribution in [-0.4, -0.2) is 24.7 Å². The van der Waals surface area contributed by atoms with Crippen molar-refractivity contribution in [2.24, 2.45) is 4.99 Å². The van der Waals surface area contributed by atoms with Crippen LogP contribution in [0.5, 0.6) is 11.5 Å². The Morgan fingerprint density at radius 1 is 1.10 bits per heavy atom. The van der Waals surface area contributed by atoms with Gasteiger partial charge in [0.05, 0.1) is 30.9 Å². The molecule has 3 rings (SSSR count). The lowest BCUT2D eigenvalue weighted by molar-refractivity contribution is -0.117. The molecule has 0 aliphatic rings. The van der Waals surface area contributed by atoms with E-state index in [0.717, 1.165) is 26.9 Å². The monoisotopic (exact) mass is 410 g/mol. The first-order chi connectivity index (χ1) is 13.9. The summed E-state index contributed by atoms with van der Waals surface area (Å²) < 4.78 is 13.8. The van der Waals surface area contributed by atoms with Crippen molar-refractivity contribution in [3.63, 3.8) is 0 Å². The van der Waals surface area contributed by atoms with Gasteiger partial charge in [-0.25, -0.2) is 0 Å². The number of thiazole rings is 1. The fourth-order valence-corrected chi connectivity index (χ4v) is 4.64. The molecular weight excluding hydrogens is 384 g/mol. The molecule has 0 fully saturated rings. The predicted molar refractivity (Wildman–Crippen MR) is 118 cm³/mol. The number of rotatable bonds is 6. The number of benzene rings is 2. The molecule has 2 aromatic carbocycles. The molecule has 0 saturated heterocycles. The van der Waals surface area contributed by atoms with Crippen LogP contribution in [0.2, 0.25) is 0 Å². The van der Waals surface area contributed by atoms with E-state index in [1.54, 1.807) is 20.3 Å². The Hall–Kier alpha value is -2.86. The van der Waals surface area contributed by atoms with E-state index in [1.165, 1.54) is 16.9 Å². The summed E-state index contributed by atoms with van der Waals surface area (Å²) in [6.07, 6.45) is 2.08. The van der Waals surface area contributed by atoms with E-state index in [1.807, 2.05) is 30.5 Å². The van der Waals surface area contributed by atoms with Gasteiger partial charge in [0.2, 0.25) is 0 Å². The Labute approximate surface area is 174 Å². The highest BCUT2D eigenvalue weighted by molar-refractivity contribution is 7.16. The number of carbonyl (C=O) groups excluding carboxylic acids is 1. The third-order valence-electron chi connectivity index (χ3n) is 4.89. The van der Waals surface area contributed by atoms with Crippen molar-refractivity contribution in [2.75, 3.05) is 14.2 Å². The van der Waals surface area contributed by atoms with Gasteiger partial charge < -0.3 is 14.0 Å². The molecule has 29 heavy (non-hydrogen) atoms. The molecule has 0 radical (unpaired) electrons. The van der Waals surface area contributed by atoms with Crippen LogP contribution in [0.3, 0.4) is 0 Å². The van der Waals surface area contributed by atoms with Crippen molar-refractivity contribution in [3.8, 4) is 11.5 Å². The van der Waals surface area contributed by atoms with Crippen molar-refractivity contribution in [3.05, 3.63) is 64.0 Å². The fourth-order valence-electron chi connectivity index (χ4n) is 3.57. The summed E-state index contributed by atoms with van der Waals surface area (Å²) in [5.74, 6) is 1.12. The molecular formula is C23H26N2O3S. The summed E-state index contributed by atoms with van der Waals surface area (Å²) in [4.78, 5) is 17.9. The van der Waals surface area contributed by atoms with E-state index in [2.05, 4.69) is 30.6 Å². The second-order valence-electron chi connectivity index (χ2n) is 7.02. The quantitative estimate of drug-likeness (QED) is 0.562. The molecule has 0 spiro atoms. The number of aryl methyl sites for hydroxylation is 3. The predicted octanol–water partition coefficient (Wildman–Crippen LogP) is 4.50. The van der Waals surface area contributed by atoms with Crippen LogP contribution in [0.15, 0.2) is 41.9 Å². The average molecular weight is 411 g/mol. The first-order valence-electron chi connectivity index (χ1n) is 9.38. The zero-order valence-electron chi connectivity index (χ0n) is 17.5. The Balaban J connectivity index is 2.08. The summed E-state index contributed by atoms with van der Waals surface area (Å²) in [6.45, 7) is 10.5. The standard InChI is InChI=1S/C23H26N2O3S/c1-7-8-25-18-12-19(27-5)20(28-6)13-21(18)29-23(25)24-22(26)11-17-15(3)9-14(2)10-16(17)4/h7,9-10,12-13H,1,8,11H2,2-6H3. The van der Waals surface area contributed by atoms with Crippen molar-refractivity contribution in [1.29, 1.82) is 0 Å². The molecule has 3 aromatic rings. The van der Waals surface area contributed by atoms with Gasteiger partial charge in [-0.15, -0.1) is 6.58 Å². The van der Waals surface area contributed by atoms with Gasteiger partial charge in [-0.2, -0.15) is 4.99 Å². The number of aromatic nitrogens is 1. The molecule has 0 unspecified atom stereocenters. The van der Waals surface area contributed by atoms with Crippen LogP contribution in [-0.2, 0) is 17.8 Å². The third kappa shape index (κ3) is 4.27. The summed E-state index contributed by atoms with van der Waals surface area (Å²) in [6, 6.07) is 8.03. The highest BCUT2D eigenvalue weighted by Crippen LogP contribution is 2.33. The van der Waals surface area contributed by atoms with E-state index in [0.29, 0.717) is 22.8 Å². The number of allylic oxidation sites excluding steroid dienone is 1. The largest absolute Gasteiger partial charge is 0.493 e. The third-order valence-corrected chi connectivity index (χ3v) is 5.93. The molecule has 1 aromatic heterocycles. The van der Waals surface area contributed by atoms with Gasteiger partial charge in [-0.3, -0.25) is 4.79 Å². The number of nitrogens with zero attached hydrogens (tertiary/aromatic N) is 2. The smallest absolute Gasteiger partial charge is 0.252 e. The summed E-state index contributed by atoms with van der Waals surface area (Å²) in [5, 5.41) is 0. The molecule has 0 aliphatic heterocycles. The maximum atomic E-state index is 12.8. The SMILES string of the molecule is C=CCn1c(=NC(=O)Cc2c(C)cc(C)cc2C)sc2cc(OC)c(OC)cc21. The van der Waals surface area contributed by atoms with E-state index in [4.69, 9.17) is 9.47 Å². The normalized spacial score (nSPS) is 11.7. The number of hydrogen-bond acceptors (Lipinski definition) is 4. The zero-order valence-corrected chi connectivity index (χ0v) is 18.4. The van der Waals surface area contributed by atoms with Gasteiger partial charge in [0.1, 0.15) is 0 Å². The Bertz CT molecular complexity index is 1130. The van der Waals surface area contributed by atoms with E-state index in [-0.39, 0.29) is 12.3 Å². The molecule has 0 atom stereocenters. The molecule has 0 N–H and O–H groups in total. The number of hydrogen-bond donors (Lipinski definition) is 0. The van der Waals surface area contributed by atoms with Crippen LogP contribution < -0.4 is 14.3 Å². The highest BCUT2D eigenvalue weighted by Gasteiger charge is 2.14. The molecule has 5 nitrogen and oxygen atoms in total. The number of methoxy groups -OCH3 is 2. The summed E-state index contributed by atoms with van der Waals surface area (Å²) >= 11 is 1.45. The number of fused-ring (bicyclic) bond motifs is 1. The second-order valence-corrected chi connectivity index (χ2v) is 8.03. The average Bonchev–Trinajstić information content (AvgIpc) is 2.99. The number of ether oxygens (including phenoxy) is 2. The lowest BCUT2D eigenvalue weighted by Gasteiger charge is -2.09. The van der Waals surface area contributed by atoms with Gasteiger partial charge in [0, 0.05) is 18.7 Å². The zero-order chi connectivity index (χ0) is 21.1. The molecule has 6 heteroatoms. The molecule has 0 saturated carbocycles. The minimum absolute atomic E-state index is 0.164. The molecule has 152 valence electrons. The van der Waals surface area contributed by atoms with Gasteiger partial charge in [0.25, 0.3) is 5.91 Å². The molecule has 1 heterocycles. The van der Waals surface area contributed by atoms with Gasteiger partial charge in [0.15, 0.2) is 16.3 Å². The summed E-state index contributed by atoms with van der Waals surface area (Å²) in [5.41, 5.74) is 5.42. The van der Waals surface area contributed by atoms with Crippen molar-refractivity contribution < 1.29 is 14.3 Å². The first kappa shape index (κ1) is 20.9. The molecule has 1 amide bonds. The Morgan fingerprint density at radius 2 is 1.72 bits per heavy atom. The molecule has 0 bridgehead atoms. The van der Waals surface area contributed by atoms with Gasteiger partial charge in [-0.1, -0.05) is 35.1 Å². The summed E-state index contributed by atoms with van der Waals surface area (Å²) in [7, 11) is 3.21. The Morgan fingerprint density at radius 3 is 2.31 bits per heavy atom. The number of amides is 1. The maximum absolute atomic E-state index is 12.8. The first-order valence-corrected chi connectivity index (χ1v) is 10.2. The van der Waals surface area contributed by atoms with Crippen molar-refractivity contribution in [2.45, 2.75) is 33.7 Å². The minimum Gasteiger partial charge on any atom is -0.493 e. The van der Waals surface area contributed by atoms with E-state index < -0.39 is 0 Å². The van der Waals surface area contributed by atoms with E-state index >= 15 is 0 Å². The lowest BCUT2D eigenvalue weighted by Crippen LogP contribution is -2.17. The highest BCUT2D eigenvalue weighted by atomic mass is 32.1. The fraction of sp³-hybridized carbons (Fsp3) is 0.304. The second kappa shape index (κ2) is 8.66. The van der Waals surface area contributed by atoms with Crippen LogP contribution in [0.1, 0.15) is 22.3 Å². The lowest BCUT2D eigenvalue weighted by atomic mass is 9.97. The van der Waals surface area contributed by atoms with Gasteiger partial charge in [-0.05, 0) is 37.5 Å². The van der Waals surface area contributed by atoms with Crippen LogP contribution in [0.25, 0.3) is 10.2 Å². The van der Waals surface area contributed by atoms with Crippen LogP contribution in [0, 0.1) is 20.8 Å². The van der Waals surface area contributed by atoms with Gasteiger partial charge >= 0.3 is 0 Å². The van der Waals surface area contributed by atoms with Crippen molar-refractivity contribution in [1.82, 2.24) is 4.57 Å². The van der Waals surface area contributed by atoms with E-state index in [9.17, 15) is 4.79 Å². The molecule has 0 aliphatic carbocycles. The minimum atomic E-state index is -0.164.